The number of hydrogen-bond donors (Lipinski definition) is 2. The summed E-state index contributed by atoms with van der Waals surface area (Å²) in [6, 6.07) is 8.02. The van der Waals surface area contributed by atoms with Gasteiger partial charge in [-0.2, -0.15) is 5.10 Å². The maximum Gasteiger partial charge on any atom is 0.283 e. The van der Waals surface area contributed by atoms with E-state index in [1.807, 2.05) is 4.72 Å². The number of nitrogens with two attached hydrogens (primary N) is 1. The number of pyridine rings is 1. The van der Waals surface area contributed by atoms with E-state index in [2.05, 4.69) is 19.6 Å². The van der Waals surface area contributed by atoms with Gasteiger partial charge in [-0.1, -0.05) is 6.42 Å². The van der Waals surface area contributed by atoms with Crippen LogP contribution in [0, 0.1) is 5.82 Å². The molecule has 0 atom stereocenters. The topological polar surface area (TPSA) is 145 Å². The number of halogens is 1. The maximum absolute atomic E-state index is 13.8. The van der Waals surface area contributed by atoms with Crippen LogP contribution in [0.25, 0.3) is 16.7 Å². The quantitative estimate of drug-likeness (QED) is 0.376. The van der Waals surface area contributed by atoms with Crippen molar-refractivity contribution in [2.75, 3.05) is 50.2 Å². The van der Waals surface area contributed by atoms with Crippen molar-refractivity contribution in [2.45, 2.75) is 44.1 Å². The Morgan fingerprint density at radius 2 is 1.80 bits per heavy atom. The molecule has 3 fully saturated rings. The van der Waals surface area contributed by atoms with Crippen LogP contribution in [0.4, 0.5) is 10.1 Å². The highest BCUT2D eigenvalue weighted by Crippen LogP contribution is 2.43. The number of nitrogens with zero attached hydrogens (tertiary/aromatic N) is 5. The van der Waals surface area contributed by atoms with Crippen LogP contribution in [0.5, 0.6) is 0 Å². The molecule has 1 aliphatic carbocycles. The Kier molecular flexibility index (Phi) is 7.92. The minimum absolute atomic E-state index is 0.0770. The molecular formula is C27H34FN7O5S. The SMILES string of the molecule is NOCS(=O)(=O)NC(=O)c1cc(N2CCC(N3CCOCC3)CC2)c2c(C3CCC3)nn(-c3ccc(F)cc3)c2n1. The lowest BCUT2D eigenvalue weighted by molar-refractivity contribution is 0.0115. The minimum atomic E-state index is -4.14. The third kappa shape index (κ3) is 5.79. The summed E-state index contributed by atoms with van der Waals surface area (Å²) in [7, 11) is -4.14. The van der Waals surface area contributed by atoms with Gasteiger partial charge in [0.2, 0.25) is 0 Å². The molecule has 2 saturated heterocycles. The number of sulfonamides is 1. The zero-order chi connectivity index (χ0) is 28.6. The van der Waals surface area contributed by atoms with Gasteiger partial charge in [-0.05, 0) is 56.0 Å². The molecule has 0 radical (unpaired) electrons. The summed E-state index contributed by atoms with van der Waals surface area (Å²) in [4.78, 5) is 26.8. The molecule has 0 unspecified atom stereocenters. The highest BCUT2D eigenvalue weighted by molar-refractivity contribution is 7.89. The van der Waals surface area contributed by atoms with Crippen molar-refractivity contribution in [3.8, 4) is 5.69 Å². The summed E-state index contributed by atoms with van der Waals surface area (Å²) in [5.41, 5.74) is 2.62. The number of benzene rings is 1. The fourth-order valence-electron chi connectivity index (χ4n) is 5.95. The van der Waals surface area contributed by atoms with E-state index in [0.717, 1.165) is 88.3 Å². The van der Waals surface area contributed by atoms with Crippen LogP contribution < -0.4 is 15.5 Å². The van der Waals surface area contributed by atoms with Crippen molar-refractivity contribution >= 4 is 32.7 Å². The van der Waals surface area contributed by atoms with Crippen molar-refractivity contribution < 1.29 is 27.2 Å². The summed E-state index contributed by atoms with van der Waals surface area (Å²) in [5.74, 6) is 3.02. The van der Waals surface area contributed by atoms with E-state index >= 15 is 0 Å². The van der Waals surface area contributed by atoms with E-state index in [4.69, 9.17) is 15.7 Å². The Balaban J connectivity index is 1.43. The van der Waals surface area contributed by atoms with Crippen LogP contribution in [-0.2, 0) is 19.6 Å². The monoisotopic (exact) mass is 587 g/mol. The standard InChI is InChI=1S/C27H34FN7O5S/c28-19-4-6-21(7-5-19)35-26-24(25(31-35)18-2-1-3-18)23(16-22(30-26)27(36)32-41(37,38)17-40-29)34-10-8-20(9-11-34)33-12-14-39-15-13-33/h4-7,16,18,20H,1-3,8-15,17,29H2,(H,32,36). The van der Waals surface area contributed by atoms with E-state index in [9.17, 15) is 17.6 Å². The van der Waals surface area contributed by atoms with Gasteiger partial charge in [0.15, 0.2) is 11.6 Å². The average molecular weight is 588 g/mol. The number of fused-ring (bicyclic) bond motifs is 1. The first kappa shape index (κ1) is 28.0. The number of nitrogens with one attached hydrogen (secondary N) is 1. The van der Waals surface area contributed by atoms with Gasteiger partial charge in [0.05, 0.1) is 35.7 Å². The number of morpholine rings is 1. The van der Waals surface area contributed by atoms with Crippen LogP contribution in [0.2, 0.25) is 0 Å². The Morgan fingerprint density at radius 1 is 1.10 bits per heavy atom. The first-order chi connectivity index (χ1) is 19.8. The lowest BCUT2D eigenvalue weighted by Gasteiger charge is -2.41. The number of amides is 1. The highest BCUT2D eigenvalue weighted by Gasteiger charge is 2.33. The molecule has 1 amide bonds. The van der Waals surface area contributed by atoms with Crippen LogP contribution in [0.1, 0.15) is 54.2 Å². The number of hydrogen-bond acceptors (Lipinski definition) is 10. The van der Waals surface area contributed by atoms with Crippen LogP contribution in [0.3, 0.4) is 0 Å². The van der Waals surface area contributed by atoms with Crippen molar-refractivity contribution in [3.63, 3.8) is 0 Å². The number of carbonyl (C=O) groups is 1. The van der Waals surface area contributed by atoms with Gasteiger partial charge in [-0.15, -0.1) is 0 Å². The minimum Gasteiger partial charge on any atom is -0.379 e. The fraction of sp³-hybridized carbons (Fsp3) is 0.519. The van der Waals surface area contributed by atoms with Crippen molar-refractivity contribution in [2.24, 2.45) is 5.90 Å². The van der Waals surface area contributed by atoms with E-state index in [0.29, 0.717) is 17.4 Å². The van der Waals surface area contributed by atoms with Gasteiger partial charge in [-0.25, -0.2) is 33.1 Å². The largest absolute Gasteiger partial charge is 0.379 e. The summed E-state index contributed by atoms with van der Waals surface area (Å²) in [5, 5.41) is 5.80. The molecule has 6 rings (SSSR count). The molecule has 3 N–H and O–H groups in total. The van der Waals surface area contributed by atoms with Gasteiger partial charge in [0, 0.05) is 38.1 Å². The zero-order valence-corrected chi connectivity index (χ0v) is 23.5. The zero-order valence-electron chi connectivity index (χ0n) is 22.7. The second kappa shape index (κ2) is 11.6. The Bertz CT molecular complexity index is 1510. The Labute approximate surface area is 237 Å². The third-order valence-electron chi connectivity index (χ3n) is 8.28. The normalized spacial score (nSPS) is 19.4. The summed E-state index contributed by atoms with van der Waals surface area (Å²) in [6.07, 6.45) is 4.98. The third-order valence-corrected chi connectivity index (χ3v) is 9.22. The molecule has 1 aromatic carbocycles. The summed E-state index contributed by atoms with van der Waals surface area (Å²) < 4.78 is 47.5. The first-order valence-electron chi connectivity index (χ1n) is 14.0. The molecule has 14 heteroatoms. The number of anilines is 1. The molecule has 0 spiro atoms. The molecule has 220 valence electrons. The van der Waals surface area contributed by atoms with Crippen LogP contribution in [-0.4, -0.2) is 85.4 Å². The molecule has 0 bridgehead atoms. The summed E-state index contributed by atoms with van der Waals surface area (Å²) in [6.45, 7) is 4.85. The van der Waals surface area contributed by atoms with Gasteiger partial charge < -0.3 is 9.64 Å². The molecule has 2 aliphatic heterocycles. The molecule has 2 aromatic heterocycles. The molecule has 3 aromatic rings. The molecule has 12 nitrogen and oxygen atoms in total. The highest BCUT2D eigenvalue weighted by atomic mass is 32.2. The van der Waals surface area contributed by atoms with E-state index in [1.165, 1.54) is 12.1 Å². The molecule has 3 aliphatic rings. The number of rotatable bonds is 8. The van der Waals surface area contributed by atoms with Crippen LogP contribution in [0.15, 0.2) is 30.3 Å². The maximum atomic E-state index is 13.8. The molecular weight excluding hydrogens is 553 g/mol. The fourth-order valence-corrected chi connectivity index (χ4v) is 6.57. The number of aromatic nitrogens is 3. The molecule has 1 saturated carbocycles. The molecule has 4 heterocycles. The number of piperidine rings is 1. The van der Waals surface area contributed by atoms with Crippen molar-refractivity contribution in [1.82, 2.24) is 24.4 Å². The summed E-state index contributed by atoms with van der Waals surface area (Å²) >= 11 is 0. The van der Waals surface area contributed by atoms with E-state index in [1.54, 1.807) is 22.9 Å². The second-order valence-electron chi connectivity index (χ2n) is 10.8. The van der Waals surface area contributed by atoms with E-state index in [-0.39, 0.29) is 17.4 Å². The van der Waals surface area contributed by atoms with E-state index < -0.39 is 21.9 Å². The van der Waals surface area contributed by atoms with Gasteiger partial charge in [0.25, 0.3) is 15.9 Å². The average Bonchev–Trinajstić information content (AvgIpc) is 3.31. The van der Waals surface area contributed by atoms with Gasteiger partial charge in [-0.3, -0.25) is 14.5 Å². The number of carbonyl (C=O) groups excluding carboxylic acids is 1. The lowest BCUT2D eigenvalue weighted by atomic mass is 9.82. The first-order valence-corrected chi connectivity index (χ1v) is 15.6. The van der Waals surface area contributed by atoms with Crippen LogP contribution >= 0.6 is 0 Å². The predicted octanol–water partition coefficient (Wildman–Crippen LogP) is 2.04. The van der Waals surface area contributed by atoms with Gasteiger partial charge in [0.1, 0.15) is 11.5 Å². The number of ether oxygens (including phenoxy) is 1. The Morgan fingerprint density at radius 3 is 2.44 bits per heavy atom. The predicted molar refractivity (Wildman–Crippen MR) is 150 cm³/mol. The Hall–Kier alpha value is -3.17. The van der Waals surface area contributed by atoms with Gasteiger partial charge >= 0.3 is 0 Å². The smallest absolute Gasteiger partial charge is 0.283 e. The molecule has 41 heavy (non-hydrogen) atoms. The van der Waals surface area contributed by atoms with Crippen molar-refractivity contribution in [3.05, 3.63) is 47.5 Å². The van der Waals surface area contributed by atoms with Crippen molar-refractivity contribution in [1.29, 1.82) is 0 Å². The lowest BCUT2D eigenvalue weighted by Crippen LogP contribution is -2.49. The second-order valence-corrected chi connectivity index (χ2v) is 12.5.